The van der Waals surface area contributed by atoms with Crippen LogP contribution in [0.3, 0.4) is 0 Å². The first kappa shape index (κ1) is 8.52. The van der Waals surface area contributed by atoms with Crippen molar-refractivity contribution in [3.63, 3.8) is 0 Å². The second-order valence-electron chi connectivity index (χ2n) is 2.36. The fraction of sp³-hybridized carbons (Fsp3) is 0.143. The summed E-state index contributed by atoms with van der Waals surface area (Å²) in [6, 6.07) is 0. The number of H-pyrrole nitrogens is 1. The highest BCUT2D eigenvalue weighted by molar-refractivity contribution is 7.19. The van der Waals surface area contributed by atoms with E-state index in [2.05, 4.69) is 20.3 Å². The van der Waals surface area contributed by atoms with E-state index < -0.39 is 0 Å². The molecular weight excluding hydrogens is 208 g/mol. The topological polar surface area (TPSA) is 53.6 Å². The highest BCUT2D eigenvalue weighted by atomic mass is 35.5. The van der Waals surface area contributed by atoms with Crippen LogP contribution < -0.4 is 5.32 Å². The van der Waals surface area contributed by atoms with Crippen LogP contribution in [0.4, 0.5) is 5.13 Å². The summed E-state index contributed by atoms with van der Waals surface area (Å²) in [5, 5.41) is 3.90. The second-order valence-corrected chi connectivity index (χ2v) is 4.02. The lowest BCUT2D eigenvalue weighted by atomic mass is 10.6. The lowest BCUT2D eigenvalue weighted by Gasteiger charge is -1.97. The summed E-state index contributed by atoms with van der Waals surface area (Å²) >= 11 is 7.12. The van der Waals surface area contributed by atoms with E-state index >= 15 is 0 Å². The number of hydrogen-bond acceptors (Lipinski definition) is 4. The summed E-state index contributed by atoms with van der Waals surface area (Å²) in [4.78, 5) is 11.1. The van der Waals surface area contributed by atoms with Crippen molar-refractivity contribution >= 4 is 28.1 Å². The van der Waals surface area contributed by atoms with Crippen molar-refractivity contribution in [3.05, 3.63) is 28.8 Å². The molecule has 0 amide bonds. The minimum atomic E-state index is 0.636. The number of nitrogens with one attached hydrogen (secondary N) is 2. The molecule has 0 unspecified atom stereocenters. The van der Waals surface area contributed by atoms with Crippen LogP contribution in [0.25, 0.3) is 0 Å². The van der Waals surface area contributed by atoms with Crippen LogP contribution in [-0.4, -0.2) is 15.0 Å². The number of aromatic amines is 1. The van der Waals surface area contributed by atoms with Gasteiger partial charge in [-0.05, 0) is 0 Å². The number of anilines is 1. The van der Waals surface area contributed by atoms with Gasteiger partial charge in [0.05, 0.1) is 12.7 Å². The van der Waals surface area contributed by atoms with E-state index in [1.54, 1.807) is 18.6 Å². The molecule has 0 fully saturated rings. The Balaban J connectivity index is 1.93. The van der Waals surface area contributed by atoms with E-state index in [-0.39, 0.29) is 0 Å². The molecule has 0 aliphatic heterocycles. The quantitative estimate of drug-likeness (QED) is 0.823. The van der Waals surface area contributed by atoms with Crippen molar-refractivity contribution in [1.29, 1.82) is 0 Å². The number of thiazole rings is 1. The molecule has 4 nitrogen and oxygen atoms in total. The third-order valence-corrected chi connectivity index (χ3v) is 2.51. The third-order valence-electron chi connectivity index (χ3n) is 1.44. The van der Waals surface area contributed by atoms with E-state index in [1.165, 1.54) is 11.3 Å². The van der Waals surface area contributed by atoms with Crippen LogP contribution in [0.15, 0.2) is 18.6 Å². The van der Waals surface area contributed by atoms with Crippen LogP contribution in [0.1, 0.15) is 5.82 Å². The van der Waals surface area contributed by atoms with Crippen LogP contribution in [0.5, 0.6) is 0 Å². The van der Waals surface area contributed by atoms with Crippen molar-refractivity contribution < 1.29 is 0 Å². The molecule has 0 aliphatic carbocycles. The van der Waals surface area contributed by atoms with Gasteiger partial charge in [-0.25, -0.2) is 9.97 Å². The predicted octanol–water partition coefficient (Wildman–Crippen LogP) is 2.13. The number of nitrogens with zero attached hydrogens (tertiary/aromatic N) is 2. The summed E-state index contributed by atoms with van der Waals surface area (Å²) < 4.78 is 0.682. The number of halogens is 1. The molecule has 0 atom stereocenters. The lowest BCUT2D eigenvalue weighted by molar-refractivity contribution is 0.996. The Morgan fingerprint density at radius 1 is 1.54 bits per heavy atom. The highest BCUT2D eigenvalue weighted by Gasteiger charge is 1.99. The zero-order chi connectivity index (χ0) is 9.10. The highest BCUT2D eigenvalue weighted by Crippen LogP contribution is 2.22. The van der Waals surface area contributed by atoms with Gasteiger partial charge in [0.2, 0.25) is 0 Å². The number of rotatable bonds is 3. The molecule has 0 saturated carbocycles. The average Bonchev–Trinajstić information content (AvgIpc) is 2.71. The molecule has 2 heterocycles. The average molecular weight is 215 g/mol. The SMILES string of the molecule is Clc1cnc(NCc2ncc[nH]2)s1. The Labute approximate surface area is 84.0 Å². The molecule has 6 heteroatoms. The fourth-order valence-electron chi connectivity index (χ4n) is 0.890. The van der Waals surface area contributed by atoms with Crippen molar-refractivity contribution in [3.8, 4) is 0 Å². The molecule has 0 aromatic carbocycles. The summed E-state index contributed by atoms with van der Waals surface area (Å²) in [6.45, 7) is 0.636. The van der Waals surface area contributed by atoms with E-state index in [0.29, 0.717) is 10.9 Å². The number of aromatic nitrogens is 3. The van der Waals surface area contributed by atoms with Crippen molar-refractivity contribution in [1.82, 2.24) is 15.0 Å². The monoisotopic (exact) mass is 214 g/mol. The van der Waals surface area contributed by atoms with E-state index in [1.807, 2.05) is 0 Å². The lowest BCUT2D eigenvalue weighted by Crippen LogP contribution is -2.00. The maximum atomic E-state index is 5.71. The first-order valence-corrected chi connectivity index (χ1v) is 4.87. The Morgan fingerprint density at radius 3 is 3.08 bits per heavy atom. The molecular formula is C7H7ClN4S. The van der Waals surface area contributed by atoms with Gasteiger partial charge in [0.1, 0.15) is 10.2 Å². The molecule has 2 rings (SSSR count). The minimum absolute atomic E-state index is 0.636. The van der Waals surface area contributed by atoms with E-state index in [9.17, 15) is 0 Å². The molecule has 0 saturated heterocycles. The van der Waals surface area contributed by atoms with Gasteiger partial charge in [0.15, 0.2) is 5.13 Å². The van der Waals surface area contributed by atoms with Gasteiger partial charge in [0.25, 0.3) is 0 Å². The van der Waals surface area contributed by atoms with Crippen LogP contribution in [0, 0.1) is 0 Å². The second kappa shape index (κ2) is 3.76. The standard InChI is InChI=1S/C7H7ClN4S/c8-5-3-11-7(13-5)12-4-6-9-1-2-10-6/h1-3H,4H2,(H,9,10)(H,11,12). The van der Waals surface area contributed by atoms with Crippen molar-refractivity contribution in [2.75, 3.05) is 5.32 Å². The molecule has 0 radical (unpaired) electrons. The molecule has 0 bridgehead atoms. The fourth-order valence-corrected chi connectivity index (χ4v) is 1.70. The summed E-state index contributed by atoms with van der Waals surface area (Å²) in [5.74, 6) is 0.881. The summed E-state index contributed by atoms with van der Waals surface area (Å²) in [5.41, 5.74) is 0. The number of hydrogen-bond donors (Lipinski definition) is 2. The molecule has 2 N–H and O–H groups in total. The molecule has 0 spiro atoms. The van der Waals surface area contributed by atoms with Gasteiger partial charge < -0.3 is 10.3 Å². The largest absolute Gasteiger partial charge is 0.354 e. The Kier molecular flexibility index (Phi) is 2.47. The first-order chi connectivity index (χ1) is 6.34. The first-order valence-electron chi connectivity index (χ1n) is 3.68. The van der Waals surface area contributed by atoms with Gasteiger partial charge in [0, 0.05) is 12.4 Å². The molecule has 68 valence electrons. The Hall–Kier alpha value is -1.07. The molecule has 13 heavy (non-hydrogen) atoms. The molecule has 2 aromatic heterocycles. The maximum Gasteiger partial charge on any atom is 0.184 e. The Bertz CT molecular complexity index is 370. The van der Waals surface area contributed by atoms with Crippen LogP contribution in [-0.2, 0) is 6.54 Å². The normalized spacial score (nSPS) is 10.2. The van der Waals surface area contributed by atoms with Gasteiger partial charge >= 0.3 is 0 Å². The van der Waals surface area contributed by atoms with E-state index in [4.69, 9.17) is 11.6 Å². The zero-order valence-electron chi connectivity index (χ0n) is 6.62. The number of imidazole rings is 1. The summed E-state index contributed by atoms with van der Waals surface area (Å²) in [6.07, 6.45) is 5.12. The van der Waals surface area contributed by atoms with Crippen molar-refractivity contribution in [2.45, 2.75) is 6.54 Å². The van der Waals surface area contributed by atoms with Gasteiger partial charge in [-0.2, -0.15) is 0 Å². The van der Waals surface area contributed by atoms with Gasteiger partial charge in [-0.15, -0.1) is 0 Å². The van der Waals surface area contributed by atoms with Gasteiger partial charge in [-0.1, -0.05) is 22.9 Å². The molecule has 2 aromatic rings. The molecule has 0 aliphatic rings. The predicted molar refractivity (Wildman–Crippen MR) is 53.0 cm³/mol. The van der Waals surface area contributed by atoms with Crippen molar-refractivity contribution in [2.24, 2.45) is 0 Å². The summed E-state index contributed by atoms with van der Waals surface area (Å²) in [7, 11) is 0. The van der Waals surface area contributed by atoms with Gasteiger partial charge in [-0.3, -0.25) is 0 Å². The zero-order valence-corrected chi connectivity index (χ0v) is 8.19. The Morgan fingerprint density at radius 2 is 2.46 bits per heavy atom. The van der Waals surface area contributed by atoms with E-state index in [0.717, 1.165) is 11.0 Å². The third kappa shape index (κ3) is 2.19. The van der Waals surface area contributed by atoms with Crippen LogP contribution in [0.2, 0.25) is 4.34 Å². The maximum absolute atomic E-state index is 5.71. The van der Waals surface area contributed by atoms with Crippen LogP contribution >= 0.6 is 22.9 Å². The minimum Gasteiger partial charge on any atom is -0.354 e. The smallest absolute Gasteiger partial charge is 0.184 e.